The number of anilines is 1. The molecule has 0 bridgehead atoms. The number of hydrogen-bond acceptors (Lipinski definition) is 3. The second kappa shape index (κ2) is 7.50. The zero-order valence-corrected chi connectivity index (χ0v) is 12.5. The minimum Gasteiger partial charge on any atom is -0.398 e. The van der Waals surface area contributed by atoms with Crippen molar-refractivity contribution in [2.75, 3.05) is 31.9 Å². The van der Waals surface area contributed by atoms with Crippen molar-refractivity contribution in [3.05, 3.63) is 28.8 Å². The molecule has 2 rings (SSSR count). The molecule has 0 aliphatic carbocycles. The molecule has 20 heavy (non-hydrogen) atoms. The molecule has 5 heteroatoms. The Bertz CT molecular complexity index is 458. The van der Waals surface area contributed by atoms with E-state index in [1.54, 1.807) is 18.2 Å². The van der Waals surface area contributed by atoms with Crippen LogP contribution in [-0.2, 0) is 0 Å². The van der Waals surface area contributed by atoms with Crippen LogP contribution in [0.3, 0.4) is 0 Å². The lowest BCUT2D eigenvalue weighted by molar-refractivity contribution is 0.0952. The second-order valence-electron chi connectivity index (χ2n) is 5.25. The highest BCUT2D eigenvalue weighted by Gasteiger charge is 2.10. The number of hydrogen-bond donors (Lipinski definition) is 2. The van der Waals surface area contributed by atoms with Crippen molar-refractivity contribution in [1.29, 1.82) is 0 Å². The van der Waals surface area contributed by atoms with E-state index in [-0.39, 0.29) is 5.91 Å². The summed E-state index contributed by atoms with van der Waals surface area (Å²) in [6.07, 6.45) is 4.79. The third-order valence-corrected chi connectivity index (χ3v) is 3.99. The van der Waals surface area contributed by atoms with Gasteiger partial charge in [-0.3, -0.25) is 4.79 Å². The quantitative estimate of drug-likeness (QED) is 0.626. The highest BCUT2D eigenvalue weighted by Crippen LogP contribution is 2.19. The first kappa shape index (κ1) is 15.1. The fourth-order valence-electron chi connectivity index (χ4n) is 2.46. The fraction of sp³-hybridized carbons (Fsp3) is 0.533. The molecule has 0 radical (unpaired) electrons. The third-order valence-electron chi connectivity index (χ3n) is 3.64. The van der Waals surface area contributed by atoms with E-state index in [0.717, 1.165) is 19.4 Å². The molecule has 0 saturated carbocycles. The predicted octanol–water partition coefficient (Wildman–Crippen LogP) is 2.53. The molecule has 1 aliphatic rings. The van der Waals surface area contributed by atoms with Gasteiger partial charge in [-0.05, 0) is 63.5 Å². The molecule has 1 heterocycles. The molecule has 1 aromatic carbocycles. The summed E-state index contributed by atoms with van der Waals surface area (Å²) in [6.45, 7) is 4.31. The molecular weight excluding hydrogens is 274 g/mol. The Labute approximate surface area is 125 Å². The smallest absolute Gasteiger partial charge is 0.251 e. The number of likely N-dealkylation sites (tertiary alicyclic amines) is 1. The topological polar surface area (TPSA) is 58.4 Å². The lowest BCUT2D eigenvalue weighted by Gasteiger charge is -2.14. The number of carbonyl (C=O) groups is 1. The summed E-state index contributed by atoms with van der Waals surface area (Å²) < 4.78 is 0. The number of nitrogen functional groups attached to an aromatic ring is 1. The van der Waals surface area contributed by atoms with Crippen LogP contribution in [0.2, 0.25) is 5.02 Å². The Balaban J connectivity index is 1.65. The van der Waals surface area contributed by atoms with Gasteiger partial charge in [0, 0.05) is 12.1 Å². The van der Waals surface area contributed by atoms with Gasteiger partial charge in [0.1, 0.15) is 0 Å². The summed E-state index contributed by atoms with van der Waals surface area (Å²) in [5, 5.41) is 3.39. The van der Waals surface area contributed by atoms with Crippen molar-refractivity contribution in [3.63, 3.8) is 0 Å². The molecule has 110 valence electrons. The zero-order valence-electron chi connectivity index (χ0n) is 11.7. The van der Waals surface area contributed by atoms with Gasteiger partial charge in [0.05, 0.1) is 10.7 Å². The summed E-state index contributed by atoms with van der Waals surface area (Å²) in [5.41, 5.74) is 6.69. The van der Waals surface area contributed by atoms with Gasteiger partial charge >= 0.3 is 0 Å². The Morgan fingerprint density at radius 1 is 1.30 bits per heavy atom. The molecule has 1 saturated heterocycles. The Hall–Kier alpha value is -1.26. The van der Waals surface area contributed by atoms with Crippen LogP contribution in [0.5, 0.6) is 0 Å². The number of amides is 1. The largest absolute Gasteiger partial charge is 0.398 e. The van der Waals surface area contributed by atoms with Crippen LogP contribution in [-0.4, -0.2) is 37.0 Å². The Morgan fingerprint density at radius 3 is 2.75 bits per heavy atom. The van der Waals surface area contributed by atoms with E-state index in [0.29, 0.717) is 22.8 Å². The van der Waals surface area contributed by atoms with Crippen molar-refractivity contribution in [2.45, 2.75) is 25.7 Å². The number of halogens is 1. The van der Waals surface area contributed by atoms with Crippen LogP contribution >= 0.6 is 11.6 Å². The van der Waals surface area contributed by atoms with Crippen LogP contribution in [0.25, 0.3) is 0 Å². The molecular formula is C15H22ClN3O. The predicted molar refractivity (Wildman–Crippen MR) is 83.1 cm³/mol. The maximum absolute atomic E-state index is 11.9. The lowest BCUT2D eigenvalue weighted by atomic mass is 10.2. The SMILES string of the molecule is Nc1cc(C(=O)NCCCCN2CCCC2)ccc1Cl. The molecule has 1 aromatic rings. The highest BCUT2D eigenvalue weighted by molar-refractivity contribution is 6.33. The summed E-state index contributed by atoms with van der Waals surface area (Å²) in [7, 11) is 0. The van der Waals surface area contributed by atoms with Gasteiger partial charge in [-0.25, -0.2) is 0 Å². The van der Waals surface area contributed by atoms with Crippen LogP contribution < -0.4 is 11.1 Å². The average molecular weight is 296 g/mol. The molecule has 3 N–H and O–H groups in total. The monoisotopic (exact) mass is 295 g/mol. The number of benzene rings is 1. The van der Waals surface area contributed by atoms with Gasteiger partial charge in [0.25, 0.3) is 5.91 Å². The fourth-order valence-corrected chi connectivity index (χ4v) is 2.57. The van der Waals surface area contributed by atoms with E-state index in [2.05, 4.69) is 10.2 Å². The molecule has 0 unspecified atom stereocenters. The summed E-state index contributed by atoms with van der Waals surface area (Å²) in [6, 6.07) is 4.96. The van der Waals surface area contributed by atoms with E-state index < -0.39 is 0 Å². The normalized spacial score (nSPS) is 15.4. The van der Waals surface area contributed by atoms with Crippen LogP contribution in [0, 0.1) is 0 Å². The Kier molecular flexibility index (Phi) is 5.68. The molecule has 0 aromatic heterocycles. The third kappa shape index (κ3) is 4.39. The molecule has 1 fully saturated rings. The first-order chi connectivity index (χ1) is 9.66. The van der Waals surface area contributed by atoms with Gasteiger partial charge in [0.15, 0.2) is 0 Å². The summed E-state index contributed by atoms with van der Waals surface area (Å²) in [5.74, 6) is -0.0884. The van der Waals surface area contributed by atoms with Crippen LogP contribution in [0.1, 0.15) is 36.0 Å². The van der Waals surface area contributed by atoms with Crippen molar-refractivity contribution in [1.82, 2.24) is 10.2 Å². The number of unbranched alkanes of at least 4 members (excludes halogenated alkanes) is 1. The van der Waals surface area contributed by atoms with Crippen LogP contribution in [0.15, 0.2) is 18.2 Å². The minimum absolute atomic E-state index is 0.0884. The first-order valence-corrected chi connectivity index (χ1v) is 7.60. The number of carbonyl (C=O) groups excluding carboxylic acids is 1. The van der Waals surface area contributed by atoms with Gasteiger partial charge in [0.2, 0.25) is 0 Å². The van der Waals surface area contributed by atoms with Crippen molar-refractivity contribution >= 4 is 23.2 Å². The summed E-state index contributed by atoms with van der Waals surface area (Å²) >= 11 is 5.83. The van der Waals surface area contributed by atoms with Gasteiger partial charge in [-0.1, -0.05) is 11.6 Å². The van der Waals surface area contributed by atoms with E-state index in [9.17, 15) is 4.79 Å². The van der Waals surface area contributed by atoms with Gasteiger partial charge < -0.3 is 16.0 Å². The molecule has 0 spiro atoms. The Morgan fingerprint density at radius 2 is 2.05 bits per heavy atom. The van der Waals surface area contributed by atoms with Crippen molar-refractivity contribution < 1.29 is 4.79 Å². The van der Waals surface area contributed by atoms with Gasteiger partial charge in [-0.15, -0.1) is 0 Å². The first-order valence-electron chi connectivity index (χ1n) is 7.22. The van der Waals surface area contributed by atoms with E-state index in [1.165, 1.54) is 25.9 Å². The number of rotatable bonds is 6. The summed E-state index contributed by atoms with van der Waals surface area (Å²) in [4.78, 5) is 14.4. The minimum atomic E-state index is -0.0884. The van der Waals surface area contributed by atoms with Gasteiger partial charge in [-0.2, -0.15) is 0 Å². The number of nitrogens with zero attached hydrogens (tertiary/aromatic N) is 1. The van der Waals surface area contributed by atoms with Crippen molar-refractivity contribution in [2.24, 2.45) is 0 Å². The van der Waals surface area contributed by atoms with E-state index in [4.69, 9.17) is 17.3 Å². The second-order valence-corrected chi connectivity index (χ2v) is 5.66. The lowest BCUT2D eigenvalue weighted by Crippen LogP contribution is -2.26. The zero-order chi connectivity index (χ0) is 14.4. The number of nitrogens with one attached hydrogen (secondary N) is 1. The molecule has 0 atom stereocenters. The van der Waals surface area contributed by atoms with Crippen LogP contribution in [0.4, 0.5) is 5.69 Å². The standard InChI is InChI=1S/C15H22ClN3O/c16-13-6-5-12(11-14(13)17)15(20)18-7-1-2-8-19-9-3-4-10-19/h5-6,11H,1-4,7-10,17H2,(H,18,20). The van der Waals surface area contributed by atoms with Crippen molar-refractivity contribution in [3.8, 4) is 0 Å². The molecule has 1 aliphatic heterocycles. The highest BCUT2D eigenvalue weighted by atomic mass is 35.5. The average Bonchev–Trinajstić information content (AvgIpc) is 2.94. The molecule has 4 nitrogen and oxygen atoms in total. The van der Waals surface area contributed by atoms with E-state index in [1.807, 2.05) is 0 Å². The molecule has 1 amide bonds. The maximum Gasteiger partial charge on any atom is 0.251 e. The maximum atomic E-state index is 11.9. The van der Waals surface area contributed by atoms with E-state index >= 15 is 0 Å². The number of nitrogens with two attached hydrogens (primary N) is 1.